The van der Waals surface area contributed by atoms with Crippen molar-refractivity contribution in [3.05, 3.63) is 70.0 Å². The highest BCUT2D eigenvalue weighted by Crippen LogP contribution is 2.23. The number of aromatic nitrogens is 1. The number of rotatable bonds is 3. The van der Waals surface area contributed by atoms with Gasteiger partial charge in [0.1, 0.15) is 0 Å². The Bertz CT molecular complexity index is 949. The van der Waals surface area contributed by atoms with E-state index in [1.165, 1.54) is 4.68 Å². The molecule has 122 valence electrons. The van der Waals surface area contributed by atoms with Gasteiger partial charge in [-0.15, -0.1) is 0 Å². The Hall–Kier alpha value is -2.79. The number of nitrogens with one attached hydrogen (secondary N) is 1. The first kappa shape index (κ1) is 16.1. The lowest BCUT2D eigenvalue weighted by Gasteiger charge is -2.15. The molecule has 0 saturated heterocycles. The predicted molar refractivity (Wildman–Crippen MR) is 95.0 cm³/mol. The molecule has 6 heteroatoms. The van der Waals surface area contributed by atoms with E-state index in [2.05, 4.69) is 5.43 Å². The summed E-state index contributed by atoms with van der Waals surface area (Å²) < 4.78 is 6.09. The Morgan fingerprint density at radius 2 is 1.88 bits per heavy atom. The third kappa shape index (κ3) is 3.12. The number of carbonyl (C=O) groups excluding carboxylic acids is 1. The van der Waals surface area contributed by atoms with Crippen molar-refractivity contribution < 1.29 is 9.53 Å². The summed E-state index contributed by atoms with van der Waals surface area (Å²) in [4.78, 5) is 24.6. The highest BCUT2D eigenvalue weighted by atomic mass is 35.5. The Balaban J connectivity index is 2.23. The first-order chi connectivity index (χ1) is 11.6. The molecular weight excluding hydrogens is 328 g/mol. The summed E-state index contributed by atoms with van der Waals surface area (Å²) in [5.74, 6) is 0. The zero-order chi connectivity index (χ0) is 17.1. The van der Waals surface area contributed by atoms with Gasteiger partial charge in [0.2, 0.25) is 0 Å². The molecule has 3 rings (SSSR count). The molecule has 1 amide bonds. The van der Waals surface area contributed by atoms with Gasteiger partial charge in [0.05, 0.1) is 12.3 Å². The van der Waals surface area contributed by atoms with E-state index in [-0.39, 0.29) is 12.2 Å². The van der Waals surface area contributed by atoms with Crippen molar-refractivity contribution in [3.8, 4) is 11.3 Å². The molecule has 0 fully saturated rings. The fourth-order valence-electron chi connectivity index (χ4n) is 2.46. The summed E-state index contributed by atoms with van der Waals surface area (Å²) in [6.07, 6.45) is -0.690. The minimum absolute atomic E-state index is 0.213. The molecule has 0 aliphatic carbocycles. The maximum atomic E-state index is 12.8. The quantitative estimate of drug-likeness (QED) is 0.782. The van der Waals surface area contributed by atoms with Crippen LogP contribution in [-0.2, 0) is 4.74 Å². The van der Waals surface area contributed by atoms with Gasteiger partial charge in [0.15, 0.2) is 0 Å². The number of amides is 1. The molecule has 0 saturated carbocycles. The van der Waals surface area contributed by atoms with Crippen LogP contribution < -0.4 is 11.0 Å². The van der Waals surface area contributed by atoms with Crippen LogP contribution >= 0.6 is 11.6 Å². The number of fused-ring (bicyclic) bond motifs is 1. The number of nitrogens with zero attached hydrogens (tertiary/aromatic N) is 1. The molecule has 24 heavy (non-hydrogen) atoms. The Morgan fingerprint density at radius 3 is 2.58 bits per heavy atom. The fraction of sp³-hybridized carbons (Fsp3) is 0.111. The molecular formula is C18H15ClN2O3. The number of carbonyl (C=O) groups is 1. The van der Waals surface area contributed by atoms with Crippen LogP contribution in [-0.4, -0.2) is 17.4 Å². The predicted octanol–water partition coefficient (Wildman–Crippen LogP) is 4.02. The number of hydrogen-bond donors (Lipinski definition) is 1. The molecule has 0 spiro atoms. The van der Waals surface area contributed by atoms with E-state index in [0.717, 1.165) is 10.9 Å². The molecule has 0 aliphatic rings. The molecule has 5 nitrogen and oxygen atoms in total. The van der Waals surface area contributed by atoms with Crippen LogP contribution in [0.5, 0.6) is 0 Å². The van der Waals surface area contributed by atoms with Gasteiger partial charge in [-0.1, -0.05) is 41.9 Å². The van der Waals surface area contributed by atoms with Crippen molar-refractivity contribution in [1.82, 2.24) is 4.68 Å². The van der Waals surface area contributed by atoms with Crippen molar-refractivity contribution in [2.75, 3.05) is 12.0 Å². The first-order valence-electron chi connectivity index (χ1n) is 7.44. The number of benzene rings is 2. The van der Waals surface area contributed by atoms with Crippen molar-refractivity contribution >= 4 is 28.5 Å². The van der Waals surface area contributed by atoms with Crippen molar-refractivity contribution in [2.24, 2.45) is 0 Å². The van der Waals surface area contributed by atoms with E-state index < -0.39 is 6.09 Å². The van der Waals surface area contributed by atoms with Gasteiger partial charge in [0.25, 0.3) is 5.56 Å². The van der Waals surface area contributed by atoms with Gasteiger partial charge < -0.3 is 4.74 Å². The minimum atomic E-state index is -0.690. The smallest absolute Gasteiger partial charge is 0.426 e. The monoisotopic (exact) mass is 342 g/mol. The summed E-state index contributed by atoms with van der Waals surface area (Å²) >= 11 is 5.93. The maximum absolute atomic E-state index is 12.8. The molecule has 0 bridgehead atoms. The SMILES string of the molecule is CCOC(=O)Nn1c(-c2ccc(Cl)cc2)cc2ccccc2c1=O. The van der Waals surface area contributed by atoms with Crippen molar-refractivity contribution in [3.63, 3.8) is 0 Å². The lowest BCUT2D eigenvalue weighted by atomic mass is 10.1. The average molecular weight is 343 g/mol. The zero-order valence-corrected chi connectivity index (χ0v) is 13.7. The van der Waals surface area contributed by atoms with Crippen LogP contribution in [0.25, 0.3) is 22.0 Å². The van der Waals surface area contributed by atoms with Gasteiger partial charge in [0, 0.05) is 16.0 Å². The number of halogens is 1. The largest absolute Gasteiger partial charge is 0.449 e. The van der Waals surface area contributed by atoms with Gasteiger partial charge in [-0.3, -0.25) is 4.79 Å². The van der Waals surface area contributed by atoms with E-state index in [1.54, 1.807) is 43.3 Å². The maximum Gasteiger partial charge on any atom is 0.426 e. The number of ether oxygens (including phenoxy) is 1. The lowest BCUT2D eigenvalue weighted by Crippen LogP contribution is -2.34. The van der Waals surface area contributed by atoms with E-state index in [0.29, 0.717) is 16.1 Å². The Labute approximate surface area is 143 Å². The van der Waals surface area contributed by atoms with Crippen LogP contribution in [0.3, 0.4) is 0 Å². The molecule has 0 atom stereocenters. The second-order valence-corrected chi connectivity index (χ2v) is 5.53. The molecule has 0 radical (unpaired) electrons. The summed E-state index contributed by atoms with van der Waals surface area (Å²) in [6.45, 7) is 1.91. The zero-order valence-electron chi connectivity index (χ0n) is 13.0. The molecule has 1 N–H and O–H groups in total. The topological polar surface area (TPSA) is 60.3 Å². The van der Waals surface area contributed by atoms with Crippen LogP contribution in [0.4, 0.5) is 4.79 Å². The normalized spacial score (nSPS) is 10.6. The second kappa shape index (κ2) is 6.76. The highest BCUT2D eigenvalue weighted by Gasteiger charge is 2.13. The fourth-order valence-corrected chi connectivity index (χ4v) is 2.58. The second-order valence-electron chi connectivity index (χ2n) is 5.10. The van der Waals surface area contributed by atoms with E-state index in [1.807, 2.05) is 18.2 Å². The molecule has 0 unspecified atom stereocenters. The van der Waals surface area contributed by atoms with E-state index in [9.17, 15) is 9.59 Å². The summed E-state index contributed by atoms with van der Waals surface area (Å²) in [5.41, 5.74) is 3.46. The van der Waals surface area contributed by atoms with Gasteiger partial charge in [-0.25, -0.2) is 14.9 Å². The molecule has 1 aromatic heterocycles. The molecule has 2 aromatic carbocycles. The van der Waals surface area contributed by atoms with Gasteiger partial charge >= 0.3 is 6.09 Å². The van der Waals surface area contributed by atoms with E-state index in [4.69, 9.17) is 16.3 Å². The molecule has 0 aliphatic heterocycles. The Kier molecular flexibility index (Phi) is 4.53. The van der Waals surface area contributed by atoms with Crippen LogP contribution in [0, 0.1) is 0 Å². The van der Waals surface area contributed by atoms with Crippen molar-refractivity contribution in [2.45, 2.75) is 6.92 Å². The van der Waals surface area contributed by atoms with Crippen molar-refractivity contribution in [1.29, 1.82) is 0 Å². The number of pyridine rings is 1. The van der Waals surface area contributed by atoms with Crippen LogP contribution in [0.2, 0.25) is 5.02 Å². The lowest BCUT2D eigenvalue weighted by molar-refractivity contribution is 0.164. The standard InChI is InChI=1S/C18H15ClN2O3/c1-2-24-18(23)20-21-16(12-7-9-14(19)10-8-12)11-13-5-3-4-6-15(13)17(21)22/h3-11H,2H2,1H3,(H,20,23). The Morgan fingerprint density at radius 1 is 1.17 bits per heavy atom. The summed E-state index contributed by atoms with van der Waals surface area (Å²) in [7, 11) is 0. The number of hydrogen-bond acceptors (Lipinski definition) is 3. The highest BCUT2D eigenvalue weighted by molar-refractivity contribution is 6.30. The van der Waals surface area contributed by atoms with Crippen LogP contribution in [0.15, 0.2) is 59.4 Å². The van der Waals surface area contributed by atoms with E-state index >= 15 is 0 Å². The average Bonchev–Trinajstić information content (AvgIpc) is 2.58. The molecule has 1 heterocycles. The van der Waals surface area contributed by atoms with Gasteiger partial charge in [-0.2, -0.15) is 0 Å². The summed E-state index contributed by atoms with van der Waals surface area (Å²) in [6, 6.07) is 16.1. The first-order valence-corrected chi connectivity index (χ1v) is 7.82. The third-order valence-corrected chi connectivity index (χ3v) is 3.80. The summed E-state index contributed by atoms with van der Waals surface area (Å²) in [5, 5.41) is 1.88. The van der Waals surface area contributed by atoms with Gasteiger partial charge in [-0.05, 0) is 36.6 Å². The molecule has 3 aromatic rings. The minimum Gasteiger partial charge on any atom is -0.449 e. The third-order valence-electron chi connectivity index (χ3n) is 3.55. The van der Waals surface area contributed by atoms with Crippen LogP contribution in [0.1, 0.15) is 6.92 Å².